The Bertz CT molecular complexity index is 470. The van der Waals surface area contributed by atoms with E-state index in [0.29, 0.717) is 35.0 Å². The van der Waals surface area contributed by atoms with Gasteiger partial charge in [-0.05, 0) is 18.4 Å². The van der Waals surface area contributed by atoms with Gasteiger partial charge in [0.05, 0.1) is 23.4 Å². The molecule has 0 aliphatic carbocycles. The zero-order valence-corrected chi connectivity index (χ0v) is 13.8. The lowest BCUT2D eigenvalue weighted by molar-refractivity contribution is 0.0940. The number of carbonyl (C=O) groups is 1. The zero-order valence-electron chi connectivity index (χ0n) is 12.2. The van der Waals surface area contributed by atoms with Crippen LogP contribution in [-0.4, -0.2) is 31.3 Å². The predicted molar refractivity (Wildman–Crippen MR) is 87.5 cm³/mol. The molecule has 21 heavy (non-hydrogen) atoms. The Labute approximate surface area is 136 Å². The number of aliphatic hydroxyl groups excluding tert-OH is 1. The minimum Gasteiger partial charge on any atom is -0.496 e. The quantitative estimate of drug-likeness (QED) is 0.668. The molecule has 120 valence electrons. The van der Waals surface area contributed by atoms with E-state index in [1.54, 1.807) is 0 Å². The number of ether oxygens (including phenoxy) is 1. The van der Waals surface area contributed by atoms with Crippen molar-refractivity contribution in [2.24, 2.45) is 5.92 Å². The number of nitrogen functional groups attached to an aromatic ring is 1. The maximum atomic E-state index is 12.2. The summed E-state index contributed by atoms with van der Waals surface area (Å²) >= 11 is 5.93. The van der Waals surface area contributed by atoms with Gasteiger partial charge in [0.25, 0.3) is 5.91 Å². The third-order valence-corrected chi connectivity index (χ3v) is 3.56. The molecule has 0 aliphatic heterocycles. The van der Waals surface area contributed by atoms with Gasteiger partial charge in [-0.1, -0.05) is 24.9 Å². The monoisotopic (exact) mass is 336 g/mol. The molecular weight excluding hydrogens is 315 g/mol. The number of benzene rings is 1. The summed E-state index contributed by atoms with van der Waals surface area (Å²) in [5, 5.41) is 12.1. The van der Waals surface area contributed by atoms with Gasteiger partial charge in [-0.15, -0.1) is 12.4 Å². The smallest absolute Gasteiger partial charge is 0.255 e. The lowest BCUT2D eigenvalue weighted by atomic mass is 10.0. The van der Waals surface area contributed by atoms with Gasteiger partial charge in [0.15, 0.2) is 0 Å². The minimum absolute atomic E-state index is 0. The van der Waals surface area contributed by atoms with Crippen molar-refractivity contribution >= 4 is 35.6 Å². The van der Waals surface area contributed by atoms with Crippen molar-refractivity contribution in [1.82, 2.24) is 5.32 Å². The number of carbonyl (C=O) groups excluding carboxylic acids is 1. The van der Waals surface area contributed by atoms with Crippen LogP contribution in [-0.2, 0) is 0 Å². The van der Waals surface area contributed by atoms with Crippen molar-refractivity contribution in [2.45, 2.75) is 19.8 Å². The number of halogens is 2. The van der Waals surface area contributed by atoms with E-state index in [4.69, 9.17) is 27.2 Å². The summed E-state index contributed by atoms with van der Waals surface area (Å²) in [6.45, 7) is 2.64. The lowest BCUT2D eigenvalue weighted by Gasteiger charge is -2.16. The Kier molecular flexibility index (Phi) is 9.17. The molecule has 1 atom stereocenters. The maximum absolute atomic E-state index is 12.2. The molecule has 1 rings (SSSR count). The van der Waals surface area contributed by atoms with Gasteiger partial charge in [0.2, 0.25) is 0 Å². The Balaban J connectivity index is 0.00000400. The molecule has 1 unspecified atom stereocenters. The van der Waals surface area contributed by atoms with E-state index in [0.717, 1.165) is 6.42 Å². The number of aliphatic hydroxyl groups is 1. The highest BCUT2D eigenvalue weighted by Gasteiger charge is 2.16. The Morgan fingerprint density at radius 2 is 2.19 bits per heavy atom. The molecule has 0 heterocycles. The summed E-state index contributed by atoms with van der Waals surface area (Å²) in [6.07, 6.45) is 1.55. The van der Waals surface area contributed by atoms with Gasteiger partial charge in [0.1, 0.15) is 5.75 Å². The molecule has 0 fully saturated rings. The summed E-state index contributed by atoms with van der Waals surface area (Å²) in [6, 6.07) is 3.03. The highest BCUT2D eigenvalue weighted by atomic mass is 35.5. The molecule has 5 nitrogen and oxygen atoms in total. The van der Waals surface area contributed by atoms with Crippen LogP contribution in [0.2, 0.25) is 5.02 Å². The fraction of sp³-hybridized carbons (Fsp3) is 0.500. The van der Waals surface area contributed by atoms with Crippen LogP contribution in [0.15, 0.2) is 12.1 Å². The van der Waals surface area contributed by atoms with Crippen molar-refractivity contribution in [3.63, 3.8) is 0 Å². The second kappa shape index (κ2) is 9.71. The van der Waals surface area contributed by atoms with Gasteiger partial charge in [-0.2, -0.15) is 0 Å². The number of hydrogen-bond donors (Lipinski definition) is 3. The van der Waals surface area contributed by atoms with E-state index in [-0.39, 0.29) is 30.8 Å². The predicted octanol–water partition coefficient (Wildman–Crippen LogP) is 2.49. The largest absolute Gasteiger partial charge is 0.496 e. The van der Waals surface area contributed by atoms with E-state index in [2.05, 4.69) is 5.32 Å². The van der Waals surface area contributed by atoms with Crippen LogP contribution in [0, 0.1) is 5.92 Å². The first-order valence-electron chi connectivity index (χ1n) is 6.55. The third kappa shape index (κ3) is 5.61. The molecule has 4 N–H and O–H groups in total. The summed E-state index contributed by atoms with van der Waals surface area (Å²) in [7, 11) is 1.47. The van der Waals surface area contributed by atoms with Crippen molar-refractivity contribution in [3.8, 4) is 5.75 Å². The average molecular weight is 337 g/mol. The zero-order chi connectivity index (χ0) is 15.1. The number of hydrogen-bond acceptors (Lipinski definition) is 4. The van der Waals surface area contributed by atoms with E-state index in [1.807, 2.05) is 6.92 Å². The molecular formula is C14H22Cl2N2O3. The molecule has 0 saturated heterocycles. The first-order chi connectivity index (χ1) is 9.53. The average Bonchev–Trinajstić information content (AvgIpc) is 2.45. The molecule has 0 spiro atoms. The summed E-state index contributed by atoms with van der Waals surface area (Å²) in [5.41, 5.74) is 6.40. The molecule has 1 aromatic rings. The van der Waals surface area contributed by atoms with Crippen LogP contribution in [0.1, 0.15) is 30.1 Å². The lowest BCUT2D eigenvalue weighted by Crippen LogP contribution is -2.30. The normalized spacial score (nSPS) is 11.4. The van der Waals surface area contributed by atoms with Gasteiger partial charge in [-0.3, -0.25) is 4.79 Å². The fourth-order valence-electron chi connectivity index (χ4n) is 1.88. The van der Waals surface area contributed by atoms with Gasteiger partial charge < -0.3 is 20.9 Å². The van der Waals surface area contributed by atoms with Gasteiger partial charge >= 0.3 is 0 Å². The Morgan fingerprint density at radius 1 is 1.52 bits per heavy atom. The van der Waals surface area contributed by atoms with E-state index in [1.165, 1.54) is 19.2 Å². The minimum atomic E-state index is -0.264. The Morgan fingerprint density at radius 3 is 2.71 bits per heavy atom. The maximum Gasteiger partial charge on any atom is 0.255 e. The second-order valence-electron chi connectivity index (χ2n) is 4.57. The fourth-order valence-corrected chi connectivity index (χ4v) is 2.04. The van der Waals surface area contributed by atoms with Crippen molar-refractivity contribution < 1.29 is 14.6 Å². The SMILES string of the molecule is CCC(CCO)CNC(=O)c1cc(Cl)c(N)cc1OC.Cl. The van der Waals surface area contributed by atoms with Crippen LogP contribution in [0.25, 0.3) is 0 Å². The molecule has 0 bridgehead atoms. The first kappa shape index (κ1) is 19.8. The van der Waals surface area contributed by atoms with Gasteiger partial charge in [0, 0.05) is 19.2 Å². The molecule has 1 amide bonds. The van der Waals surface area contributed by atoms with Crippen LogP contribution in [0.5, 0.6) is 5.75 Å². The van der Waals surface area contributed by atoms with E-state index < -0.39 is 0 Å². The van der Waals surface area contributed by atoms with E-state index in [9.17, 15) is 4.79 Å². The number of amides is 1. The molecule has 0 aliphatic rings. The molecule has 0 saturated carbocycles. The van der Waals surface area contributed by atoms with Crippen LogP contribution < -0.4 is 15.8 Å². The van der Waals surface area contributed by atoms with E-state index >= 15 is 0 Å². The summed E-state index contributed by atoms with van der Waals surface area (Å²) < 4.78 is 5.14. The highest BCUT2D eigenvalue weighted by molar-refractivity contribution is 6.33. The molecule has 0 aromatic heterocycles. The van der Waals surface area contributed by atoms with Crippen molar-refractivity contribution in [1.29, 1.82) is 0 Å². The molecule has 7 heteroatoms. The van der Waals surface area contributed by atoms with Crippen molar-refractivity contribution in [3.05, 3.63) is 22.7 Å². The second-order valence-corrected chi connectivity index (χ2v) is 4.98. The number of rotatable bonds is 7. The number of anilines is 1. The van der Waals surface area contributed by atoms with Crippen LogP contribution in [0.4, 0.5) is 5.69 Å². The number of methoxy groups -OCH3 is 1. The van der Waals surface area contributed by atoms with Crippen LogP contribution in [0.3, 0.4) is 0 Å². The van der Waals surface area contributed by atoms with Crippen molar-refractivity contribution in [2.75, 3.05) is 26.0 Å². The standard InChI is InChI=1S/C14H21ClN2O3.ClH/c1-3-9(4-5-18)8-17-14(19)10-6-11(15)12(16)7-13(10)20-2;/h6-7,9,18H,3-5,8,16H2,1-2H3,(H,17,19);1H. The molecule has 1 aromatic carbocycles. The topological polar surface area (TPSA) is 84.6 Å². The highest BCUT2D eigenvalue weighted by Crippen LogP contribution is 2.28. The number of nitrogens with two attached hydrogens (primary N) is 1. The summed E-state index contributed by atoms with van der Waals surface area (Å²) in [4.78, 5) is 12.2. The first-order valence-corrected chi connectivity index (χ1v) is 6.93. The molecule has 0 radical (unpaired) electrons. The third-order valence-electron chi connectivity index (χ3n) is 3.23. The van der Waals surface area contributed by atoms with Gasteiger partial charge in [-0.25, -0.2) is 0 Å². The Hall–Kier alpha value is -1.17. The summed E-state index contributed by atoms with van der Waals surface area (Å²) in [5.74, 6) is 0.374. The van der Waals surface area contributed by atoms with Crippen LogP contribution >= 0.6 is 24.0 Å². The number of nitrogens with one attached hydrogen (secondary N) is 1.